The van der Waals surface area contributed by atoms with Crippen molar-refractivity contribution in [1.82, 2.24) is 14.5 Å². The first-order valence-electron chi connectivity index (χ1n) is 13.4. The highest BCUT2D eigenvalue weighted by molar-refractivity contribution is 7.90. The van der Waals surface area contributed by atoms with E-state index in [9.17, 15) is 22.8 Å². The van der Waals surface area contributed by atoms with Crippen molar-refractivity contribution in [3.8, 4) is 0 Å². The zero-order valence-corrected chi connectivity index (χ0v) is 23.2. The Kier molecular flexibility index (Phi) is 9.01. The summed E-state index contributed by atoms with van der Waals surface area (Å²) in [4.78, 5) is 42.9. The molecule has 1 atom stereocenters. The molecule has 3 aromatic carbocycles. The Morgan fingerprint density at radius 1 is 0.897 bits per heavy atom. The normalized spacial score (nSPS) is 15.1. The Hall–Kier alpha value is -3.72. The molecule has 0 saturated carbocycles. The minimum atomic E-state index is -4.18. The number of carbonyl (C=O) groups is 3. The number of likely N-dealkylation sites (tertiary alicyclic amines) is 1. The molecule has 9 heteroatoms. The Morgan fingerprint density at radius 3 is 2.15 bits per heavy atom. The van der Waals surface area contributed by atoms with Crippen LogP contribution in [0.15, 0.2) is 77.7 Å². The molecule has 1 fully saturated rings. The minimum Gasteiger partial charge on any atom is -0.343 e. The van der Waals surface area contributed by atoms with Crippen molar-refractivity contribution in [3.63, 3.8) is 0 Å². The van der Waals surface area contributed by atoms with E-state index in [1.165, 1.54) is 12.1 Å². The summed E-state index contributed by atoms with van der Waals surface area (Å²) < 4.78 is 28.5. The molecule has 0 aliphatic carbocycles. The summed E-state index contributed by atoms with van der Waals surface area (Å²) in [6.45, 7) is 5.52. The third-order valence-corrected chi connectivity index (χ3v) is 8.79. The molecule has 0 aromatic heterocycles. The second-order valence-corrected chi connectivity index (χ2v) is 11.6. The Bertz CT molecular complexity index is 1430. The molecule has 1 unspecified atom stereocenters. The van der Waals surface area contributed by atoms with Crippen molar-refractivity contribution < 1.29 is 22.8 Å². The van der Waals surface area contributed by atoms with Crippen molar-refractivity contribution in [1.29, 1.82) is 0 Å². The van der Waals surface area contributed by atoms with E-state index in [0.29, 0.717) is 44.6 Å². The van der Waals surface area contributed by atoms with Gasteiger partial charge in [-0.1, -0.05) is 48.5 Å². The van der Waals surface area contributed by atoms with Gasteiger partial charge in [0.25, 0.3) is 15.9 Å². The highest BCUT2D eigenvalue weighted by atomic mass is 32.2. The van der Waals surface area contributed by atoms with Crippen molar-refractivity contribution in [2.75, 3.05) is 26.2 Å². The zero-order valence-electron chi connectivity index (χ0n) is 22.4. The Labute approximate surface area is 230 Å². The first kappa shape index (κ1) is 28.3. The molecule has 1 heterocycles. The lowest BCUT2D eigenvalue weighted by Gasteiger charge is -2.34. The lowest BCUT2D eigenvalue weighted by Crippen LogP contribution is -2.47. The van der Waals surface area contributed by atoms with Crippen molar-refractivity contribution in [2.24, 2.45) is 11.8 Å². The van der Waals surface area contributed by atoms with Gasteiger partial charge in [0.15, 0.2) is 0 Å². The number of fused-ring (bicyclic) bond motifs is 1. The minimum absolute atomic E-state index is 0.00320. The number of nitrogens with one attached hydrogen (secondary N) is 1. The fourth-order valence-corrected chi connectivity index (χ4v) is 6.20. The van der Waals surface area contributed by atoms with E-state index in [0.717, 1.165) is 10.8 Å². The lowest BCUT2D eigenvalue weighted by molar-refractivity contribution is -0.142. The topological polar surface area (TPSA) is 104 Å². The zero-order chi connectivity index (χ0) is 28.0. The van der Waals surface area contributed by atoms with Crippen LogP contribution in [0.4, 0.5) is 0 Å². The van der Waals surface area contributed by atoms with Gasteiger partial charge < -0.3 is 9.80 Å². The van der Waals surface area contributed by atoms with E-state index >= 15 is 0 Å². The number of rotatable bonds is 9. The number of amides is 3. The number of hydrogen-bond donors (Lipinski definition) is 1. The fraction of sp³-hybridized carbons (Fsp3) is 0.367. The van der Waals surface area contributed by atoms with Gasteiger partial charge in [-0.15, -0.1) is 0 Å². The number of sulfonamides is 1. The standard InChI is InChI=1S/C30H35N3O5S/c1-3-32(4-2)30(36)27(20-22-16-18-33(19-17-22)29(35)24-11-6-5-7-12-24)28(34)31-39(37,38)26-15-14-23-10-8-9-13-25(23)21-26/h5-15,21-22,27H,3-4,16-20H2,1-2H3,(H,31,34). The van der Waals surface area contributed by atoms with Gasteiger partial charge in [-0.2, -0.15) is 0 Å². The van der Waals surface area contributed by atoms with E-state index in [2.05, 4.69) is 4.72 Å². The van der Waals surface area contributed by atoms with Crippen LogP contribution < -0.4 is 4.72 Å². The number of carbonyl (C=O) groups excluding carboxylic acids is 3. The second-order valence-electron chi connectivity index (χ2n) is 9.88. The van der Waals surface area contributed by atoms with Gasteiger partial charge in [0, 0.05) is 31.7 Å². The smallest absolute Gasteiger partial charge is 0.264 e. The van der Waals surface area contributed by atoms with Crippen LogP contribution in [-0.4, -0.2) is 62.1 Å². The van der Waals surface area contributed by atoms with Crippen LogP contribution in [-0.2, 0) is 19.6 Å². The molecule has 3 amide bonds. The van der Waals surface area contributed by atoms with Crippen LogP contribution in [0.1, 0.15) is 43.5 Å². The molecule has 39 heavy (non-hydrogen) atoms. The summed E-state index contributed by atoms with van der Waals surface area (Å²) in [5.74, 6) is -2.37. The molecule has 3 aromatic rings. The van der Waals surface area contributed by atoms with Crippen LogP contribution >= 0.6 is 0 Å². The molecular formula is C30H35N3O5S. The first-order chi connectivity index (χ1) is 18.7. The largest absolute Gasteiger partial charge is 0.343 e. The monoisotopic (exact) mass is 549 g/mol. The average molecular weight is 550 g/mol. The molecule has 0 radical (unpaired) electrons. The predicted octanol–water partition coefficient (Wildman–Crippen LogP) is 4.07. The van der Waals surface area contributed by atoms with E-state index in [4.69, 9.17) is 0 Å². The van der Waals surface area contributed by atoms with E-state index in [1.807, 2.05) is 50.2 Å². The van der Waals surface area contributed by atoms with Crippen molar-refractivity contribution >= 4 is 38.5 Å². The second kappa shape index (κ2) is 12.4. The quantitative estimate of drug-likeness (QED) is 0.405. The summed E-state index contributed by atoms with van der Waals surface area (Å²) in [6.07, 6.45) is 1.48. The maximum Gasteiger partial charge on any atom is 0.264 e. The molecule has 4 rings (SSSR count). The Morgan fingerprint density at radius 2 is 1.51 bits per heavy atom. The van der Waals surface area contributed by atoms with Gasteiger partial charge in [0.1, 0.15) is 5.92 Å². The molecule has 0 bridgehead atoms. The maximum absolute atomic E-state index is 13.4. The molecule has 1 saturated heterocycles. The SMILES string of the molecule is CCN(CC)C(=O)C(CC1CCN(C(=O)c2ccccc2)CC1)C(=O)NS(=O)(=O)c1ccc2ccccc2c1. The summed E-state index contributed by atoms with van der Waals surface area (Å²) in [5, 5.41) is 1.62. The average Bonchev–Trinajstić information content (AvgIpc) is 2.96. The molecular weight excluding hydrogens is 514 g/mol. The third kappa shape index (κ3) is 6.65. The first-order valence-corrected chi connectivity index (χ1v) is 14.9. The van der Waals surface area contributed by atoms with Crippen LogP contribution in [0.2, 0.25) is 0 Å². The third-order valence-electron chi connectivity index (χ3n) is 7.45. The van der Waals surface area contributed by atoms with Gasteiger partial charge in [0.2, 0.25) is 11.8 Å². The van der Waals surface area contributed by atoms with E-state index in [-0.39, 0.29) is 29.0 Å². The fourth-order valence-electron chi connectivity index (χ4n) is 5.14. The van der Waals surface area contributed by atoms with Crippen molar-refractivity contribution in [3.05, 3.63) is 78.4 Å². The highest BCUT2D eigenvalue weighted by Gasteiger charge is 2.36. The van der Waals surface area contributed by atoms with Crippen LogP contribution in [0, 0.1) is 11.8 Å². The molecule has 8 nitrogen and oxygen atoms in total. The summed E-state index contributed by atoms with van der Waals surface area (Å²) in [6, 6.07) is 21.1. The lowest BCUT2D eigenvalue weighted by atomic mass is 9.86. The van der Waals surface area contributed by atoms with Crippen LogP contribution in [0.25, 0.3) is 10.8 Å². The van der Waals surface area contributed by atoms with E-state index in [1.54, 1.807) is 34.1 Å². The number of hydrogen-bond acceptors (Lipinski definition) is 5. The number of piperidine rings is 1. The molecule has 1 aliphatic rings. The van der Waals surface area contributed by atoms with Gasteiger partial charge in [0.05, 0.1) is 4.90 Å². The van der Waals surface area contributed by atoms with Gasteiger partial charge in [-0.3, -0.25) is 14.4 Å². The van der Waals surface area contributed by atoms with Crippen LogP contribution in [0.5, 0.6) is 0 Å². The maximum atomic E-state index is 13.4. The highest BCUT2D eigenvalue weighted by Crippen LogP contribution is 2.27. The molecule has 1 N–H and O–H groups in total. The van der Waals surface area contributed by atoms with Crippen molar-refractivity contribution in [2.45, 2.75) is 38.0 Å². The molecule has 0 spiro atoms. The van der Waals surface area contributed by atoms with Gasteiger partial charge >= 0.3 is 0 Å². The summed E-state index contributed by atoms with van der Waals surface area (Å²) in [7, 11) is -4.18. The predicted molar refractivity (Wildman–Crippen MR) is 150 cm³/mol. The van der Waals surface area contributed by atoms with Gasteiger partial charge in [-0.05, 0) is 74.1 Å². The number of nitrogens with zero attached hydrogens (tertiary/aromatic N) is 2. The molecule has 1 aliphatic heterocycles. The Balaban J connectivity index is 1.48. The van der Waals surface area contributed by atoms with Gasteiger partial charge in [-0.25, -0.2) is 13.1 Å². The number of benzene rings is 3. The summed E-state index contributed by atoms with van der Waals surface area (Å²) in [5.41, 5.74) is 0.629. The molecule has 206 valence electrons. The van der Waals surface area contributed by atoms with E-state index < -0.39 is 21.8 Å². The van der Waals surface area contributed by atoms with Crippen LogP contribution in [0.3, 0.4) is 0 Å². The summed E-state index contributed by atoms with van der Waals surface area (Å²) >= 11 is 0.